The maximum atomic E-state index is 13.0. The van der Waals surface area contributed by atoms with E-state index in [2.05, 4.69) is 12.1 Å². The summed E-state index contributed by atoms with van der Waals surface area (Å²) < 4.78 is 6.30. The van der Waals surface area contributed by atoms with Crippen LogP contribution in [0.3, 0.4) is 0 Å². The number of non-ortho nitro benzene ring substituents is 1. The average molecular weight is 416 g/mol. The highest BCUT2D eigenvalue weighted by molar-refractivity contribution is 5.79. The van der Waals surface area contributed by atoms with Crippen LogP contribution in [-0.4, -0.2) is 34.9 Å². The molecule has 3 aromatic carbocycles. The van der Waals surface area contributed by atoms with Crippen molar-refractivity contribution in [2.45, 2.75) is 24.9 Å². The van der Waals surface area contributed by atoms with Gasteiger partial charge >= 0.3 is 0 Å². The monoisotopic (exact) mass is 416 g/mol. The number of benzene rings is 3. The number of rotatable bonds is 6. The van der Waals surface area contributed by atoms with Gasteiger partial charge in [0.15, 0.2) is 0 Å². The predicted molar refractivity (Wildman–Crippen MR) is 118 cm³/mol. The first-order chi connectivity index (χ1) is 15.1. The lowest BCUT2D eigenvalue weighted by Gasteiger charge is -2.39. The highest BCUT2D eigenvalue weighted by Gasteiger charge is 2.34. The highest BCUT2D eigenvalue weighted by atomic mass is 16.6. The quantitative estimate of drug-likeness (QED) is 0.435. The minimum atomic E-state index is -0.437. The zero-order valence-electron chi connectivity index (χ0n) is 17.1. The molecule has 1 heterocycles. The van der Waals surface area contributed by atoms with Crippen molar-refractivity contribution in [2.75, 3.05) is 13.1 Å². The molecular weight excluding hydrogens is 392 g/mol. The average Bonchev–Trinajstić information content (AvgIpc) is 2.81. The molecule has 6 heteroatoms. The van der Waals surface area contributed by atoms with Crippen LogP contribution in [0.4, 0.5) is 5.69 Å². The molecule has 0 saturated carbocycles. The first-order valence-corrected chi connectivity index (χ1v) is 10.4. The number of carbonyl (C=O) groups excluding carboxylic acids is 1. The Morgan fingerprint density at radius 2 is 1.61 bits per heavy atom. The normalized spacial score (nSPS) is 18.4. The molecule has 0 N–H and O–H groups in total. The van der Waals surface area contributed by atoms with E-state index in [1.165, 1.54) is 12.1 Å². The van der Waals surface area contributed by atoms with Gasteiger partial charge in [-0.1, -0.05) is 60.7 Å². The number of piperidine rings is 1. The van der Waals surface area contributed by atoms with Gasteiger partial charge in [0.1, 0.15) is 11.9 Å². The molecule has 0 spiro atoms. The van der Waals surface area contributed by atoms with Crippen LogP contribution in [0, 0.1) is 10.1 Å². The van der Waals surface area contributed by atoms with Crippen LogP contribution in [0.25, 0.3) is 0 Å². The zero-order valence-corrected chi connectivity index (χ0v) is 17.1. The number of nitro benzene ring substituents is 1. The Morgan fingerprint density at radius 3 is 2.26 bits per heavy atom. The second kappa shape index (κ2) is 9.43. The van der Waals surface area contributed by atoms with Crippen molar-refractivity contribution in [3.63, 3.8) is 0 Å². The van der Waals surface area contributed by atoms with Crippen molar-refractivity contribution in [1.82, 2.24) is 4.90 Å². The van der Waals surface area contributed by atoms with Gasteiger partial charge in [-0.25, -0.2) is 0 Å². The molecule has 1 saturated heterocycles. The number of para-hydroxylation sites is 1. The fourth-order valence-electron chi connectivity index (χ4n) is 4.01. The molecule has 4 rings (SSSR count). The van der Waals surface area contributed by atoms with Crippen LogP contribution in [-0.2, 0) is 11.2 Å². The van der Waals surface area contributed by atoms with E-state index in [1.54, 1.807) is 12.1 Å². The molecule has 1 fully saturated rings. The molecule has 1 aliphatic heterocycles. The van der Waals surface area contributed by atoms with Crippen molar-refractivity contribution in [3.05, 3.63) is 106 Å². The smallest absolute Gasteiger partial charge is 0.269 e. The summed E-state index contributed by atoms with van der Waals surface area (Å²) in [6, 6.07) is 26.1. The number of nitrogens with zero attached hydrogens (tertiary/aromatic N) is 2. The second-order valence-corrected chi connectivity index (χ2v) is 7.72. The topological polar surface area (TPSA) is 72.7 Å². The first-order valence-electron chi connectivity index (χ1n) is 10.4. The van der Waals surface area contributed by atoms with Gasteiger partial charge < -0.3 is 9.64 Å². The SMILES string of the molecule is O=C(Cc1ccc([N+](=O)[O-])cc1)N1CC[C@@H](Oc2ccccc2)[C@H](c2ccccc2)C1. The van der Waals surface area contributed by atoms with Crippen LogP contribution in [0.15, 0.2) is 84.9 Å². The van der Waals surface area contributed by atoms with E-state index in [1.807, 2.05) is 53.4 Å². The molecule has 0 radical (unpaired) electrons. The van der Waals surface area contributed by atoms with E-state index in [4.69, 9.17) is 4.74 Å². The zero-order chi connectivity index (χ0) is 21.6. The Balaban J connectivity index is 1.48. The van der Waals surface area contributed by atoms with Gasteiger partial charge in [0.05, 0.1) is 11.3 Å². The van der Waals surface area contributed by atoms with Crippen LogP contribution in [0.5, 0.6) is 5.75 Å². The largest absolute Gasteiger partial charge is 0.490 e. The fraction of sp³-hybridized carbons (Fsp3) is 0.240. The third kappa shape index (κ3) is 5.09. The van der Waals surface area contributed by atoms with Gasteiger partial charge in [0, 0.05) is 37.6 Å². The van der Waals surface area contributed by atoms with Gasteiger partial charge in [-0.05, 0) is 23.3 Å². The van der Waals surface area contributed by atoms with E-state index < -0.39 is 4.92 Å². The van der Waals surface area contributed by atoms with E-state index in [-0.39, 0.29) is 30.0 Å². The van der Waals surface area contributed by atoms with Crippen molar-refractivity contribution in [2.24, 2.45) is 0 Å². The molecule has 0 bridgehead atoms. The second-order valence-electron chi connectivity index (χ2n) is 7.72. The molecule has 6 nitrogen and oxygen atoms in total. The summed E-state index contributed by atoms with van der Waals surface area (Å²) in [5, 5.41) is 10.8. The molecule has 31 heavy (non-hydrogen) atoms. The highest BCUT2D eigenvalue weighted by Crippen LogP contribution is 2.31. The summed E-state index contributed by atoms with van der Waals surface area (Å²) in [7, 11) is 0. The van der Waals surface area contributed by atoms with Gasteiger partial charge in [0.2, 0.25) is 5.91 Å². The lowest BCUT2D eigenvalue weighted by Crippen LogP contribution is -2.47. The number of hydrogen-bond acceptors (Lipinski definition) is 4. The number of hydrogen-bond donors (Lipinski definition) is 0. The van der Waals surface area contributed by atoms with Crippen molar-refractivity contribution < 1.29 is 14.5 Å². The van der Waals surface area contributed by atoms with Crippen LogP contribution < -0.4 is 4.74 Å². The number of likely N-dealkylation sites (tertiary alicyclic amines) is 1. The summed E-state index contributed by atoms with van der Waals surface area (Å²) in [5.74, 6) is 0.919. The van der Waals surface area contributed by atoms with Gasteiger partial charge in [-0.3, -0.25) is 14.9 Å². The molecular formula is C25H24N2O4. The number of carbonyl (C=O) groups is 1. The molecule has 3 aromatic rings. The van der Waals surface area contributed by atoms with Crippen molar-refractivity contribution in [3.8, 4) is 5.75 Å². The van der Waals surface area contributed by atoms with Gasteiger partial charge in [-0.2, -0.15) is 0 Å². The minimum Gasteiger partial charge on any atom is -0.490 e. The lowest BCUT2D eigenvalue weighted by molar-refractivity contribution is -0.384. The van der Waals surface area contributed by atoms with E-state index in [9.17, 15) is 14.9 Å². The van der Waals surface area contributed by atoms with Gasteiger partial charge in [0.25, 0.3) is 5.69 Å². The summed E-state index contributed by atoms with van der Waals surface area (Å²) in [5.41, 5.74) is 1.95. The van der Waals surface area contributed by atoms with Crippen LogP contribution >= 0.6 is 0 Å². The lowest BCUT2D eigenvalue weighted by atomic mass is 9.87. The Kier molecular flexibility index (Phi) is 6.26. The molecule has 1 aliphatic rings. The fourth-order valence-corrected chi connectivity index (χ4v) is 4.01. The minimum absolute atomic E-state index is 0.0202. The maximum absolute atomic E-state index is 13.0. The Bertz CT molecular complexity index is 1020. The van der Waals surface area contributed by atoms with Crippen molar-refractivity contribution >= 4 is 11.6 Å². The Morgan fingerprint density at radius 1 is 0.968 bits per heavy atom. The van der Waals surface area contributed by atoms with E-state index in [0.717, 1.165) is 23.3 Å². The predicted octanol–water partition coefficient (Wildman–Crippen LogP) is 4.60. The Labute approximate surface area is 181 Å². The standard InChI is InChI=1S/C25H24N2O4/c28-25(17-19-11-13-21(14-12-19)27(29)30)26-16-15-24(31-22-9-5-2-6-10-22)23(18-26)20-7-3-1-4-8-20/h1-14,23-24H,15-18H2/t23-,24+/m0/s1. The first kappa shape index (κ1) is 20.6. The van der Waals surface area contributed by atoms with Crippen LogP contribution in [0.2, 0.25) is 0 Å². The van der Waals surface area contributed by atoms with E-state index in [0.29, 0.717) is 13.1 Å². The molecule has 0 unspecified atom stereocenters. The number of nitro groups is 1. The van der Waals surface area contributed by atoms with E-state index >= 15 is 0 Å². The van der Waals surface area contributed by atoms with Crippen LogP contribution in [0.1, 0.15) is 23.5 Å². The third-order valence-corrected chi connectivity index (χ3v) is 5.66. The van der Waals surface area contributed by atoms with Gasteiger partial charge in [-0.15, -0.1) is 0 Å². The molecule has 0 aliphatic carbocycles. The summed E-state index contributed by atoms with van der Waals surface area (Å²) in [6.45, 7) is 1.19. The summed E-state index contributed by atoms with van der Waals surface area (Å²) in [4.78, 5) is 25.3. The molecule has 2 atom stereocenters. The molecule has 1 amide bonds. The number of amides is 1. The summed E-state index contributed by atoms with van der Waals surface area (Å²) in [6.07, 6.45) is 0.942. The Hall–Kier alpha value is -3.67. The number of ether oxygens (including phenoxy) is 1. The summed E-state index contributed by atoms with van der Waals surface area (Å²) >= 11 is 0. The molecule has 158 valence electrons. The maximum Gasteiger partial charge on any atom is 0.269 e. The molecule has 0 aromatic heterocycles. The third-order valence-electron chi connectivity index (χ3n) is 5.66. The van der Waals surface area contributed by atoms with Crippen molar-refractivity contribution in [1.29, 1.82) is 0 Å².